The number of nitrogens with zero attached hydrogens (tertiary/aromatic N) is 2. The van der Waals surface area contributed by atoms with Crippen molar-refractivity contribution in [1.29, 1.82) is 0 Å². The van der Waals surface area contributed by atoms with E-state index in [0.717, 1.165) is 0 Å². The van der Waals surface area contributed by atoms with E-state index in [4.69, 9.17) is 4.42 Å². The smallest absolute Gasteiger partial charge is 0.230 e. The van der Waals surface area contributed by atoms with E-state index in [2.05, 4.69) is 22.1 Å². The molecule has 0 fully saturated rings. The summed E-state index contributed by atoms with van der Waals surface area (Å²) in [6.45, 7) is 8.02. The van der Waals surface area contributed by atoms with Crippen LogP contribution in [-0.4, -0.2) is 16.2 Å². The second-order valence-corrected chi connectivity index (χ2v) is 2.62. The maximum absolute atomic E-state index is 5.16. The predicted molar refractivity (Wildman–Crippen MR) is 45.5 cm³/mol. The maximum Gasteiger partial charge on any atom is 0.230 e. The van der Waals surface area contributed by atoms with Crippen LogP contribution in [-0.2, 0) is 6.54 Å². The Bertz CT molecular complexity index is 257. The van der Waals surface area contributed by atoms with Crippen molar-refractivity contribution in [3.05, 3.63) is 24.4 Å². The molecule has 1 aromatic rings. The predicted octanol–water partition coefficient (Wildman–Crippen LogP) is 1.04. The lowest BCUT2D eigenvalue weighted by Crippen LogP contribution is -2.23. The van der Waals surface area contributed by atoms with E-state index in [0.29, 0.717) is 18.3 Å². The first-order chi connectivity index (χ1) is 5.72. The van der Waals surface area contributed by atoms with Crippen molar-refractivity contribution < 1.29 is 4.42 Å². The largest absolute Gasteiger partial charge is 0.424 e. The molecule has 0 aliphatic rings. The zero-order valence-corrected chi connectivity index (χ0v) is 7.37. The van der Waals surface area contributed by atoms with Crippen LogP contribution in [0.2, 0.25) is 0 Å². The van der Waals surface area contributed by atoms with Gasteiger partial charge in [0.2, 0.25) is 11.8 Å². The van der Waals surface area contributed by atoms with Gasteiger partial charge in [-0.25, -0.2) is 0 Å². The van der Waals surface area contributed by atoms with E-state index >= 15 is 0 Å². The summed E-state index contributed by atoms with van der Waals surface area (Å²) >= 11 is 0. The first-order valence-corrected chi connectivity index (χ1v) is 3.87. The van der Waals surface area contributed by atoms with Gasteiger partial charge in [-0.2, -0.15) is 0 Å². The van der Waals surface area contributed by atoms with Crippen molar-refractivity contribution in [1.82, 2.24) is 15.5 Å². The lowest BCUT2D eigenvalue weighted by Gasteiger charge is -2.04. The van der Waals surface area contributed by atoms with E-state index in [1.165, 1.54) is 0 Å². The Hall–Kier alpha value is -1.16. The summed E-state index contributed by atoms with van der Waals surface area (Å²) in [4.78, 5) is 0. The monoisotopic (exact) mass is 167 g/mol. The molecular formula is C8H13N3O. The highest BCUT2D eigenvalue weighted by molar-refractivity contribution is 4.84. The van der Waals surface area contributed by atoms with Crippen LogP contribution in [0.5, 0.6) is 0 Å². The molecule has 1 atom stereocenters. The average molecular weight is 167 g/mol. The minimum Gasteiger partial charge on any atom is -0.424 e. The fourth-order valence-corrected chi connectivity index (χ4v) is 0.741. The van der Waals surface area contributed by atoms with Gasteiger partial charge in [-0.05, 0) is 6.92 Å². The molecule has 4 heteroatoms. The third-order valence-corrected chi connectivity index (χ3v) is 1.50. The van der Waals surface area contributed by atoms with Crippen LogP contribution in [0.15, 0.2) is 17.1 Å². The summed E-state index contributed by atoms with van der Waals surface area (Å²) in [5.41, 5.74) is 0. The molecule has 1 heterocycles. The third-order valence-electron chi connectivity index (χ3n) is 1.50. The van der Waals surface area contributed by atoms with Crippen LogP contribution in [0.25, 0.3) is 0 Å². The lowest BCUT2D eigenvalue weighted by atomic mass is 10.3. The van der Waals surface area contributed by atoms with Gasteiger partial charge in [0.1, 0.15) is 0 Å². The molecule has 0 spiro atoms. The minimum atomic E-state index is 0.261. The summed E-state index contributed by atoms with van der Waals surface area (Å²) in [5.74, 6) is 1.21. The zero-order chi connectivity index (χ0) is 8.97. The molecule has 0 aliphatic heterocycles. The molecule has 0 saturated heterocycles. The maximum atomic E-state index is 5.16. The van der Waals surface area contributed by atoms with Gasteiger partial charge in [-0.3, -0.25) is 0 Å². The van der Waals surface area contributed by atoms with Gasteiger partial charge in [0, 0.05) is 13.0 Å². The molecule has 0 saturated carbocycles. The highest BCUT2D eigenvalue weighted by atomic mass is 16.4. The van der Waals surface area contributed by atoms with Gasteiger partial charge in [-0.15, -0.1) is 16.8 Å². The molecule has 4 nitrogen and oxygen atoms in total. The van der Waals surface area contributed by atoms with Crippen molar-refractivity contribution in [3.8, 4) is 0 Å². The molecular weight excluding hydrogens is 154 g/mol. The van der Waals surface area contributed by atoms with E-state index < -0.39 is 0 Å². The molecule has 1 rings (SSSR count). The normalized spacial score (nSPS) is 12.8. The van der Waals surface area contributed by atoms with Crippen LogP contribution >= 0.6 is 0 Å². The Labute approximate surface area is 71.7 Å². The molecule has 0 amide bonds. The second kappa shape index (κ2) is 4.01. The second-order valence-electron chi connectivity index (χ2n) is 2.62. The first kappa shape index (κ1) is 8.93. The van der Waals surface area contributed by atoms with Gasteiger partial charge < -0.3 is 9.73 Å². The fraction of sp³-hybridized carbons (Fsp3) is 0.500. The fourth-order valence-electron chi connectivity index (χ4n) is 0.741. The molecule has 0 aromatic carbocycles. The van der Waals surface area contributed by atoms with E-state index in [-0.39, 0.29) is 6.04 Å². The Kier molecular flexibility index (Phi) is 2.99. The summed E-state index contributed by atoms with van der Waals surface area (Å²) in [5, 5.41) is 10.7. The molecule has 1 unspecified atom stereocenters. The lowest BCUT2D eigenvalue weighted by molar-refractivity contribution is 0.440. The van der Waals surface area contributed by atoms with Crippen molar-refractivity contribution in [2.75, 3.05) is 0 Å². The van der Waals surface area contributed by atoms with Gasteiger partial charge in [-0.1, -0.05) is 6.08 Å². The molecule has 1 aromatic heterocycles. The minimum absolute atomic E-state index is 0.261. The molecule has 12 heavy (non-hydrogen) atoms. The van der Waals surface area contributed by atoms with Crippen molar-refractivity contribution in [3.63, 3.8) is 0 Å². The number of aromatic nitrogens is 2. The van der Waals surface area contributed by atoms with E-state index in [1.807, 2.05) is 13.0 Å². The Balaban J connectivity index is 2.37. The van der Waals surface area contributed by atoms with Gasteiger partial charge in [0.05, 0.1) is 6.54 Å². The highest BCUT2D eigenvalue weighted by Gasteiger charge is 2.02. The van der Waals surface area contributed by atoms with Crippen molar-refractivity contribution >= 4 is 0 Å². The average Bonchev–Trinajstić information content (AvgIpc) is 2.47. The van der Waals surface area contributed by atoms with Gasteiger partial charge in [0.15, 0.2) is 0 Å². The first-order valence-electron chi connectivity index (χ1n) is 3.87. The van der Waals surface area contributed by atoms with Crippen molar-refractivity contribution in [2.45, 2.75) is 26.4 Å². The molecule has 66 valence electrons. The molecule has 1 N–H and O–H groups in total. The van der Waals surface area contributed by atoms with E-state index in [1.54, 1.807) is 6.92 Å². The number of hydrogen-bond donors (Lipinski definition) is 1. The number of rotatable bonds is 4. The highest BCUT2D eigenvalue weighted by Crippen LogP contribution is 1.97. The molecule has 0 bridgehead atoms. The summed E-state index contributed by atoms with van der Waals surface area (Å²) in [7, 11) is 0. The van der Waals surface area contributed by atoms with Crippen molar-refractivity contribution in [2.24, 2.45) is 0 Å². The van der Waals surface area contributed by atoms with Crippen LogP contribution < -0.4 is 5.32 Å². The van der Waals surface area contributed by atoms with Crippen LogP contribution in [0.4, 0.5) is 0 Å². The summed E-state index contributed by atoms with van der Waals surface area (Å²) < 4.78 is 5.16. The van der Waals surface area contributed by atoms with Crippen LogP contribution in [0.1, 0.15) is 18.7 Å². The zero-order valence-electron chi connectivity index (χ0n) is 7.37. The Morgan fingerprint density at radius 1 is 1.67 bits per heavy atom. The quantitative estimate of drug-likeness (QED) is 0.681. The standard InChI is InChI=1S/C8H13N3O/c1-4-6(2)9-5-8-11-10-7(3)12-8/h4,6,9H,1,5H2,2-3H3. The van der Waals surface area contributed by atoms with Crippen LogP contribution in [0, 0.1) is 6.92 Å². The van der Waals surface area contributed by atoms with Gasteiger partial charge in [0.25, 0.3) is 0 Å². The SMILES string of the molecule is C=CC(C)NCc1nnc(C)o1. The topological polar surface area (TPSA) is 51.0 Å². The number of nitrogens with one attached hydrogen (secondary N) is 1. The molecule has 0 radical (unpaired) electrons. The Morgan fingerprint density at radius 3 is 2.92 bits per heavy atom. The molecule has 0 aliphatic carbocycles. The summed E-state index contributed by atoms with van der Waals surface area (Å²) in [6, 6.07) is 0.261. The number of aryl methyl sites for hydroxylation is 1. The third kappa shape index (κ3) is 2.47. The van der Waals surface area contributed by atoms with Crippen LogP contribution in [0.3, 0.4) is 0 Å². The number of hydrogen-bond acceptors (Lipinski definition) is 4. The van der Waals surface area contributed by atoms with E-state index in [9.17, 15) is 0 Å². The summed E-state index contributed by atoms with van der Waals surface area (Å²) in [6.07, 6.45) is 1.82. The van der Waals surface area contributed by atoms with Gasteiger partial charge >= 0.3 is 0 Å². The Morgan fingerprint density at radius 2 is 2.42 bits per heavy atom.